The van der Waals surface area contributed by atoms with Crippen LogP contribution in [0.1, 0.15) is 12.8 Å². The summed E-state index contributed by atoms with van der Waals surface area (Å²) in [7, 11) is 0. The molecule has 0 saturated carbocycles. The summed E-state index contributed by atoms with van der Waals surface area (Å²) in [6.45, 7) is 0. The van der Waals surface area contributed by atoms with E-state index in [1.165, 1.54) is 6.20 Å². The number of nitrogens with zero attached hydrogens (tertiary/aromatic N) is 2. The van der Waals surface area contributed by atoms with E-state index in [1.54, 1.807) is 4.57 Å². The third-order valence-corrected chi connectivity index (χ3v) is 2.89. The molecule has 84 valence electrons. The summed E-state index contributed by atoms with van der Waals surface area (Å²) < 4.78 is 1.72. The normalized spacial score (nSPS) is 14.9. The van der Waals surface area contributed by atoms with Crippen molar-refractivity contribution in [1.29, 1.82) is 0 Å². The fraction of sp³-hybridized carbons (Fsp3) is 0.143. The highest BCUT2D eigenvalue weighted by Crippen LogP contribution is 2.18. The average molecular weight is 224 g/mol. The molecule has 2 aromatic rings. The Kier molecular flexibility index (Phi) is 2.37. The first-order chi connectivity index (χ1) is 8.36. The lowest BCUT2D eigenvalue weighted by molar-refractivity contribution is 0.984. The van der Waals surface area contributed by atoms with Crippen molar-refractivity contribution < 1.29 is 0 Å². The van der Waals surface area contributed by atoms with Crippen LogP contribution in [0.2, 0.25) is 0 Å². The molecule has 1 aromatic heterocycles. The summed E-state index contributed by atoms with van der Waals surface area (Å²) in [6, 6.07) is 7.69. The van der Waals surface area contributed by atoms with Gasteiger partial charge in [0.15, 0.2) is 0 Å². The van der Waals surface area contributed by atoms with Crippen LogP contribution in [0, 0.1) is 0 Å². The molecule has 0 amide bonds. The van der Waals surface area contributed by atoms with Crippen LogP contribution in [0.3, 0.4) is 0 Å². The van der Waals surface area contributed by atoms with Crippen LogP contribution in [0.25, 0.3) is 16.7 Å². The summed E-state index contributed by atoms with van der Waals surface area (Å²) >= 11 is 0. The van der Waals surface area contributed by atoms with E-state index >= 15 is 0 Å². The van der Waals surface area contributed by atoms with Crippen molar-refractivity contribution in [2.24, 2.45) is 0 Å². The molecule has 0 unspecified atom stereocenters. The van der Waals surface area contributed by atoms with Gasteiger partial charge in [-0.1, -0.05) is 24.3 Å². The van der Waals surface area contributed by atoms with Crippen LogP contribution in [0.4, 0.5) is 0 Å². The second kappa shape index (κ2) is 4.01. The fourth-order valence-electron chi connectivity index (χ4n) is 2.10. The van der Waals surface area contributed by atoms with E-state index in [0.717, 1.165) is 29.6 Å². The summed E-state index contributed by atoms with van der Waals surface area (Å²) in [5.41, 5.74) is 2.56. The van der Waals surface area contributed by atoms with Gasteiger partial charge in [0.05, 0.1) is 17.2 Å². The van der Waals surface area contributed by atoms with Crippen molar-refractivity contribution >= 4 is 16.7 Å². The average Bonchev–Trinajstić information content (AvgIpc) is 2.39. The zero-order valence-electron chi connectivity index (χ0n) is 9.34. The maximum Gasteiger partial charge on any atom is 0.274 e. The second-order valence-corrected chi connectivity index (χ2v) is 4.03. The molecule has 1 aromatic carbocycles. The second-order valence-electron chi connectivity index (χ2n) is 4.03. The quantitative estimate of drug-likeness (QED) is 0.746. The van der Waals surface area contributed by atoms with Crippen molar-refractivity contribution in [3.05, 3.63) is 59.0 Å². The number of aromatic nitrogens is 2. The van der Waals surface area contributed by atoms with Crippen LogP contribution in [0.15, 0.2) is 53.5 Å². The maximum atomic E-state index is 12.0. The van der Waals surface area contributed by atoms with Gasteiger partial charge in [0.2, 0.25) is 0 Å². The minimum Gasteiger partial charge on any atom is -0.274 e. The summed E-state index contributed by atoms with van der Waals surface area (Å²) in [5.74, 6) is 0. The Labute approximate surface area is 98.7 Å². The Morgan fingerprint density at radius 3 is 2.88 bits per heavy atom. The van der Waals surface area contributed by atoms with Gasteiger partial charge in [-0.25, -0.2) is 4.98 Å². The van der Waals surface area contributed by atoms with Crippen molar-refractivity contribution in [3.8, 4) is 0 Å². The Bertz CT molecular complexity index is 680. The van der Waals surface area contributed by atoms with Crippen LogP contribution in [0.5, 0.6) is 0 Å². The van der Waals surface area contributed by atoms with Gasteiger partial charge in [-0.2, -0.15) is 0 Å². The molecule has 0 atom stereocenters. The first kappa shape index (κ1) is 10.0. The Balaban J connectivity index is 2.34. The van der Waals surface area contributed by atoms with Gasteiger partial charge in [0, 0.05) is 5.70 Å². The Morgan fingerprint density at radius 1 is 1.18 bits per heavy atom. The zero-order chi connectivity index (χ0) is 11.7. The number of hydrogen-bond donors (Lipinski definition) is 0. The Hall–Kier alpha value is -2.16. The summed E-state index contributed by atoms with van der Waals surface area (Å²) in [5, 5.41) is 0. The molecule has 3 heteroatoms. The molecule has 3 rings (SSSR count). The predicted molar refractivity (Wildman–Crippen MR) is 68.7 cm³/mol. The lowest BCUT2D eigenvalue weighted by Crippen LogP contribution is -2.19. The lowest BCUT2D eigenvalue weighted by Gasteiger charge is -2.12. The number of benzene rings is 1. The van der Waals surface area contributed by atoms with Gasteiger partial charge in [-0.15, -0.1) is 0 Å². The maximum absolute atomic E-state index is 12.0. The smallest absolute Gasteiger partial charge is 0.274 e. The number of fused-ring (bicyclic) bond motifs is 1. The molecule has 1 aliphatic carbocycles. The number of rotatable bonds is 1. The first-order valence-corrected chi connectivity index (χ1v) is 5.70. The monoisotopic (exact) mass is 224 g/mol. The van der Waals surface area contributed by atoms with Crippen molar-refractivity contribution in [2.75, 3.05) is 0 Å². The topological polar surface area (TPSA) is 34.9 Å². The first-order valence-electron chi connectivity index (χ1n) is 5.70. The number of allylic oxidation sites excluding steroid dienone is 4. The molecule has 0 bridgehead atoms. The van der Waals surface area contributed by atoms with E-state index in [9.17, 15) is 4.79 Å². The molecule has 1 heterocycles. The molecule has 3 nitrogen and oxygen atoms in total. The molecule has 0 fully saturated rings. The number of hydrogen-bond acceptors (Lipinski definition) is 2. The predicted octanol–water partition coefficient (Wildman–Crippen LogP) is 2.59. The lowest BCUT2D eigenvalue weighted by atomic mass is 10.1. The van der Waals surface area contributed by atoms with Crippen molar-refractivity contribution in [2.45, 2.75) is 12.8 Å². The van der Waals surface area contributed by atoms with E-state index in [-0.39, 0.29) is 5.56 Å². The highest BCUT2D eigenvalue weighted by molar-refractivity contribution is 5.79. The van der Waals surface area contributed by atoms with E-state index in [4.69, 9.17) is 0 Å². The molecular formula is C14H12N2O. The number of para-hydroxylation sites is 2. The third-order valence-electron chi connectivity index (χ3n) is 2.89. The van der Waals surface area contributed by atoms with Gasteiger partial charge in [-0.05, 0) is 31.1 Å². The summed E-state index contributed by atoms with van der Waals surface area (Å²) in [6.07, 6.45) is 9.59. The van der Waals surface area contributed by atoms with Crippen LogP contribution < -0.4 is 5.56 Å². The van der Waals surface area contributed by atoms with Gasteiger partial charge < -0.3 is 0 Å². The summed E-state index contributed by atoms with van der Waals surface area (Å²) in [4.78, 5) is 16.1. The van der Waals surface area contributed by atoms with Crippen LogP contribution in [-0.4, -0.2) is 9.55 Å². The van der Waals surface area contributed by atoms with E-state index in [2.05, 4.69) is 17.1 Å². The van der Waals surface area contributed by atoms with Gasteiger partial charge in [0.25, 0.3) is 5.56 Å². The van der Waals surface area contributed by atoms with Gasteiger partial charge >= 0.3 is 0 Å². The molecule has 0 radical (unpaired) electrons. The fourth-order valence-corrected chi connectivity index (χ4v) is 2.10. The highest BCUT2D eigenvalue weighted by atomic mass is 16.1. The molecule has 0 spiro atoms. The highest BCUT2D eigenvalue weighted by Gasteiger charge is 2.07. The largest absolute Gasteiger partial charge is 0.274 e. The molecule has 17 heavy (non-hydrogen) atoms. The van der Waals surface area contributed by atoms with E-state index in [1.807, 2.05) is 30.3 Å². The van der Waals surface area contributed by atoms with Crippen molar-refractivity contribution in [3.63, 3.8) is 0 Å². The van der Waals surface area contributed by atoms with Crippen LogP contribution >= 0.6 is 0 Å². The van der Waals surface area contributed by atoms with E-state index in [0.29, 0.717) is 0 Å². The molecule has 1 aliphatic rings. The van der Waals surface area contributed by atoms with E-state index < -0.39 is 0 Å². The molecule has 0 saturated heterocycles. The standard InChI is InChI=1S/C14H12N2O/c17-14-10-15-12-8-4-5-9-13(12)16(14)11-6-2-1-3-7-11/h2,4-10H,1,3H2. The molecular weight excluding hydrogens is 212 g/mol. The van der Waals surface area contributed by atoms with Gasteiger partial charge in [-0.3, -0.25) is 9.36 Å². The molecule has 0 N–H and O–H groups in total. The van der Waals surface area contributed by atoms with Crippen LogP contribution in [-0.2, 0) is 0 Å². The Morgan fingerprint density at radius 2 is 2.06 bits per heavy atom. The SMILES string of the molecule is O=c1cnc2ccccc2n1C1=CCCC=C1. The van der Waals surface area contributed by atoms with Gasteiger partial charge in [0.1, 0.15) is 0 Å². The minimum absolute atomic E-state index is 0.0819. The zero-order valence-corrected chi connectivity index (χ0v) is 9.34. The third kappa shape index (κ3) is 1.69. The molecule has 0 aliphatic heterocycles. The van der Waals surface area contributed by atoms with Crippen molar-refractivity contribution in [1.82, 2.24) is 9.55 Å². The minimum atomic E-state index is -0.0819.